The summed E-state index contributed by atoms with van der Waals surface area (Å²) in [6.45, 7) is 2.04. The van der Waals surface area contributed by atoms with Crippen molar-refractivity contribution >= 4 is 32.4 Å². The van der Waals surface area contributed by atoms with E-state index in [0.29, 0.717) is 10.7 Å². The Hall–Kier alpha value is -1.84. The van der Waals surface area contributed by atoms with E-state index in [1.807, 2.05) is 6.92 Å². The van der Waals surface area contributed by atoms with Crippen LogP contribution in [0.15, 0.2) is 29.2 Å². The van der Waals surface area contributed by atoms with E-state index < -0.39 is 10.0 Å². The summed E-state index contributed by atoms with van der Waals surface area (Å²) in [5.74, 6) is -0.349. The lowest BCUT2D eigenvalue weighted by atomic mass is 10.2. The number of rotatable bonds is 6. The highest BCUT2D eigenvalue weighted by molar-refractivity contribution is 7.89. The lowest BCUT2D eigenvalue weighted by molar-refractivity contribution is 0.102. The predicted octanol–water partition coefficient (Wildman–Crippen LogP) is 1.99. The van der Waals surface area contributed by atoms with E-state index in [1.54, 1.807) is 0 Å². The molecule has 7 nitrogen and oxygen atoms in total. The Morgan fingerprint density at radius 1 is 1.22 bits per heavy atom. The Kier molecular flexibility index (Phi) is 5.45. The lowest BCUT2D eigenvalue weighted by Crippen LogP contribution is -2.22. The zero-order valence-corrected chi connectivity index (χ0v) is 14.7. The van der Waals surface area contributed by atoms with Gasteiger partial charge in [0, 0.05) is 26.1 Å². The van der Waals surface area contributed by atoms with Gasteiger partial charge in [-0.05, 0) is 30.7 Å². The minimum atomic E-state index is -3.50. The number of benzene rings is 1. The molecule has 0 bridgehead atoms. The number of sulfonamides is 1. The standard InChI is InChI=1S/C14H18N4O3S2/c1-4-5-12-16-17-14(22-12)15-13(19)10-6-8-11(9-7-10)23(20,21)18(2)3/h6-9H,4-5H2,1-3H3,(H,15,17,19). The van der Waals surface area contributed by atoms with Crippen molar-refractivity contribution in [2.75, 3.05) is 19.4 Å². The van der Waals surface area contributed by atoms with Crippen LogP contribution in [0.5, 0.6) is 0 Å². The predicted molar refractivity (Wildman–Crippen MR) is 89.2 cm³/mol. The molecule has 0 fully saturated rings. The molecule has 0 radical (unpaired) electrons. The first kappa shape index (κ1) is 17.5. The van der Waals surface area contributed by atoms with Crippen molar-refractivity contribution in [2.24, 2.45) is 0 Å². The second kappa shape index (κ2) is 7.16. The maximum Gasteiger partial charge on any atom is 0.257 e. The molecule has 1 aromatic carbocycles. The molecule has 1 amide bonds. The van der Waals surface area contributed by atoms with Gasteiger partial charge in [-0.15, -0.1) is 10.2 Å². The molecular weight excluding hydrogens is 336 g/mol. The van der Waals surface area contributed by atoms with Crippen molar-refractivity contribution in [3.05, 3.63) is 34.8 Å². The van der Waals surface area contributed by atoms with Gasteiger partial charge in [0.25, 0.3) is 5.91 Å². The number of carbonyl (C=O) groups is 1. The van der Waals surface area contributed by atoms with Crippen LogP contribution >= 0.6 is 11.3 Å². The molecule has 9 heteroatoms. The summed E-state index contributed by atoms with van der Waals surface area (Å²) in [6, 6.07) is 5.76. The Balaban J connectivity index is 2.11. The normalized spacial score (nSPS) is 11.7. The zero-order chi connectivity index (χ0) is 17.0. The van der Waals surface area contributed by atoms with Crippen molar-refractivity contribution in [1.29, 1.82) is 0 Å². The maximum atomic E-state index is 12.1. The van der Waals surface area contributed by atoms with Crippen LogP contribution in [-0.4, -0.2) is 42.9 Å². The van der Waals surface area contributed by atoms with Crippen LogP contribution < -0.4 is 5.32 Å². The van der Waals surface area contributed by atoms with Crippen LogP contribution in [0.2, 0.25) is 0 Å². The molecule has 23 heavy (non-hydrogen) atoms. The van der Waals surface area contributed by atoms with Crippen molar-refractivity contribution in [1.82, 2.24) is 14.5 Å². The third-order valence-corrected chi connectivity index (χ3v) is 5.77. The number of nitrogens with zero attached hydrogens (tertiary/aromatic N) is 3. The van der Waals surface area contributed by atoms with E-state index >= 15 is 0 Å². The van der Waals surface area contributed by atoms with Crippen LogP contribution in [0.3, 0.4) is 0 Å². The van der Waals surface area contributed by atoms with Gasteiger partial charge in [0.15, 0.2) is 0 Å². The highest BCUT2D eigenvalue weighted by Gasteiger charge is 2.18. The van der Waals surface area contributed by atoms with Crippen molar-refractivity contribution < 1.29 is 13.2 Å². The lowest BCUT2D eigenvalue weighted by Gasteiger charge is -2.11. The third kappa shape index (κ3) is 4.12. The number of anilines is 1. The number of aromatic nitrogens is 2. The number of aryl methyl sites for hydroxylation is 1. The van der Waals surface area contributed by atoms with Gasteiger partial charge in [-0.1, -0.05) is 18.3 Å². The molecule has 0 spiro atoms. The van der Waals surface area contributed by atoms with Crippen molar-refractivity contribution in [3.8, 4) is 0 Å². The van der Waals surface area contributed by atoms with Gasteiger partial charge in [-0.3, -0.25) is 10.1 Å². The molecule has 0 saturated heterocycles. The Morgan fingerprint density at radius 3 is 2.43 bits per heavy atom. The summed E-state index contributed by atoms with van der Waals surface area (Å²) in [5.41, 5.74) is 0.356. The Labute approximate surface area is 139 Å². The number of amides is 1. The molecular formula is C14H18N4O3S2. The minimum absolute atomic E-state index is 0.139. The number of hydrogen-bond donors (Lipinski definition) is 1. The van der Waals surface area contributed by atoms with E-state index in [9.17, 15) is 13.2 Å². The second-order valence-electron chi connectivity index (χ2n) is 5.02. The first-order chi connectivity index (χ1) is 10.8. The first-order valence-electron chi connectivity index (χ1n) is 7.01. The van der Waals surface area contributed by atoms with E-state index in [0.717, 1.165) is 22.2 Å². The summed E-state index contributed by atoms with van der Waals surface area (Å²) < 4.78 is 25.1. The highest BCUT2D eigenvalue weighted by atomic mass is 32.2. The van der Waals surface area contributed by atoms with Gasteiger partial charge in [0.05, 0.1) is 4.90 Å². The van der Waals surface area contributed by atoms with Crippen LogP contribution in [-0.2, 0) is 16.4 Å². The molecule has 0 aliphatic rings. The topological polar surface area (TPSA) is 92.3 Å². The van der Waals surface area contributed by atoms with Crippen molar-refractivity contribution in [2.45, 2.75) is 24.7 Å². The summed E-state index contributed by atoms with van der Waals surface area (Å²) >= 11 is 1.34. The summed E-state index contributed by atoms with van der Waals surface area (Å²) in [6.07, 6.45) is 1.79. The molecule has 2 rings (SSSR count). The maximum absolute atomic E-state index is 12.1. The minimum Gasteiger partial charge on any atom is -0.296 e. The largest absolute Gasteiger partial charge is 0.296 e. The van der Waals surface area contributed by atoms with Gasteiger partial charge in [0.1, 0.15) is 5.01 Å². The fourth-order valence-electron chi connectivity index (χ4n) is 1.78. The molecule has 0 aliphatic carbocycles. The Morgan fingerprint density at radius 2 is 1.87 bits per heavy atom. The number of nitrogens with one attached hydrogen (secondary N) is 1. The average Bonchev–Trinajstić information content (AvgIpc) is 2.94. The molecule has 0 atom stereocenters. The molecule has 0 unspecified atom stereocenters. The Bertz CT molecular complexity index is 783. The van der Waals surface area contributed by atoms with E-state index in [4.69, 9.17) is 0 Å². The number of carbonyl (C=O) groups excluding carboxylic acids is 1. The molecule has 1 N–H and O–H groups in total. The van der Waals surface area contributed by atoms with E-state index in [1.165, 1.54) is 49.7 Å². The summed E-state index contributed by atoms with van der Waals surface area (Å²) in [5, 5.41) is 11.9. The van der Waals surface area contributed by atoms with E-state index in [2.05, 4.69) is 15.5 Å². The fourth-order valence-corrected chi connectivity index (χ4v) is 3.52. The third-order valence-electron chi connectivity index (χ3n) is 3.05. The molecule has 1 heterocycles. The van der Waals surface area contributed by atoms with Crippen LogP contribution in [0.4, 0.5) is 5.13 Å². The van der Waals surface area contributed by atoms with Crippen LogP contribution in [0.1, 0.15) is 28.7 Å². The van der Waals surface area contributed by atoms with Crippen molar-refractivity contribution in [3.63, 3.8) is 0 Å². The van der Waals surface area contributed by atoms with Gasteiger partial charge < -0.3 is 0 Å². The average molecular weight is 354 g/mol. The monoisotopic (exact) mass is 354 g/mol. The molecule has 0 saturated carbocycles. The molecule has 2 aromatic rings. The first-order valence-corrected chi connectivity index (χ1v) is 9.26. The highest BCUT2D eigenvalue weighted by Crippen LogP contribution is 2.18. The van der Waals surface area contributed by atoms with Gasteiger partial charge in [-0.25, -0.2) is 12.7 Å². The smallest absolute Gasteiger partial charge is 0.257 e. The molecule has 1 aromatic heterocycles. The summed E-state index contributed by atoms with van der Waals surface area (Å²) in [7, 11) is -0.585. The van der Waals surface area contributed by atoms with Gasteiger partial charge in [-0.2, -0.15) is 0 Å². The zero-order valence-electron chi connectivity index (χ0n) is 13.1. The fraction of sp³-hybridized carbons (Fsp3) is 0.357. The van der Waals surface area contributed by atoms with Crippen LogP contribution in [0.25, 0.3) is 0 Å². The number of hydrogen-bond acceptors (Lipinski definition) is 6. The SMILES string of the molecule is CCCc1nnc(NC(=O)c2ccc(S(=O)(=O)N(C)C)cc2)s1. The van der Waals surface area contributed by atoms with Crippen LogP contribution in [0, 0.1) is 0 Å². The molecule has 0 aliphatic heterocycles. The van der Waals surface area contributed by atoms with Gasteiger partial charge >= 0.3 is 0 Å². The van der Waals surface area contributed by atoms with E-state index in [-0.39, 0.29) is 10.8 Å². The molecule has 124 valence electrons. The summed E-state index contributed by atoms with van der Waals surface area (Å²) in [4.78, 5) is 12.3. The quantitative estimate of drug-likeness (QED) is 0.856. The van der Waals surface area contributed by atoms with Gasteiger partial charge in [0.2, 0.25) is 15.2 Å². The second-order valence-corrected chi connectivity index (χ2v) is 8.23.